The van der Waals surface area contributed by atoms with Gasteiger partial charge in [-0.15, -0.1) is 11.3 Å². The van der Waals surface area contributed by atoms with E-state index in [4.69, 9.17) is 4.74 Å². The summed E-state index contributed by atoms with van der Waals surface area (Å²) in [6, 6.07) is 13.7. The van der Waals surface area contributed by atoms with E-state index in [2.05, 4.69) is 4.98 Å². The number of rotatable bonds is 9. The summed E-state index contributed by atoms with van der Waals surface area (Å²) in [5.41, 5.74) is 1.27. The molecule has 1 aromatic heterocycles. The highest BCUT2D eigenvalue weighted by atomic mass is 32.2. The van der Waals surface area contributed by atoms with E-state index in [1.165, 1.54) is 28.6 Å². The van der Waals surface area contributed by atoms with E-state index < -0.39 is 16.0 Å². The van der Waals surface area contributed by atoms with Gasteiger partial charge in [0.2, 0.25) is 10.0 Å². The number of carbonyl (C=O) groups excluding carboxylic acids is 2. The summed E-state index contributed by atoms with van der Waals surface area (Å²) in [6.45, 7) is 0.689. The number of fused-ring (bicyclic) bond motifs is 1. The zero-order valence-electron chi connectivity index (χ0n) is 18.2. The molecular weight excluding hydrogens is 460 g/mol. The number of para-hydroxylation sites is 1. The number of carbonyl (C=O) groups is 2. The highest BCUT2D eigenvalue weighted by Crippen LogP contribution is 2.23. The standard InChI is InChI=1S/C24H26N2O5S2/c27-21(18-11-13-19(14-12-18)33(29,30)26-15-4-1-5-16-26)17-31-24(28)10-6-9-23-25-20-7-2-3-8-22(20)32-23/h2-3,7-8,11-14H,1,4-6,9-10,15-17H2. The lowest BCUT2D eigenvalue weighted by Gasteiger charge is -2.25. The Kier molecular flexibility index (Phi) is 7.52. The number of aryl methyl sites for hydroxylation is 1. The Hall–Kier alpha value is -2.62. The van der Waals surface area contributed by atoms with Gasteiger partial charge in [-0.2, -0.15) is 4.31 Å². The summed E-state index contributed by atoms with van der Waals surface area (Å²) < 4.78 is 33.1. The van der Waals surface area contributed by atoms with E-state index in [0.717, 1.165) is 34.5 Å². The van der Waals surface area contributed by atoms with Crippen LogP contribution in [0, 0.1) is 0 Å². The van der Waals surface area contributed by atoms with Gasteiger partial charge >= 0.3 is 5.97 Å². The van der Waals surface area contributed by atoms with Gasteiger partial charge in [-0.1, -0.05) is 18.6 Å². The minimum atomic E-state index is -3.54. The normalized spacial score (nSPS) is 14.9. The Morgan fingerprint density at radius 3 is 2.45 bits per heavy atom. The van der Waals surface area contributed by atoms with Crippen molar-refractivity contribution in [2.75, 3.05) is 19.7 Å². The molecule has 1 saturated heterocycles. The van der Waals surface area contributed by atoms with E-state index >= 15 is 0 Å². The fraction of sp³-hybridized carbons (Fsp3) is 0.375. The van der Waals surface area contributed by atoms with Gasteiger partial charge < -0.3 is 4.74 Å². The zero-order chi connectivity index (χ0) is 23.3. The van der Waals surface area contributed by atoms with Crippen molar-refractivity contribution in [1.82, 2.24) is 9.29 Å². The van der Waals surface area contributed by atoms with Crippen molar-refractivity contribution in [3.05, 3.63) is 59.1 Å². The van der Waals surface area contributed by atoms with Gasteiger partial charge in [0.15, 0.2) is 12.4 Å². The number of piperidine rings is 1. The molecule has 0 unspecified atom stereocenters. The van der Waals surface area contributed by atoms with Crippen molar-refractivity contribution in [1.29, 1.82) is 0 Å². The first kappa shape index (κ1) is 23.5. The Morgan fingerprint density at radius 1 is 1.00 bits per heavy atom. The monoisotopic (exact) mass is 486 g/mol. The molecule has 1 aliphatic rings. The molecule has 0 spiro atoms. The number of ketones is 1. The third kappa shape index (κ3) is 5.85. The lowest BCUT2D eigenvalue weighted by atomic mass is 10.1. The van der Waals surface area contributed by atoms with Crippen molar-refractivity contribution in [3.63, 3.8) is 0 Å². The Bertz CT molecular complexity index is 1200. The van der Waals surface area contributed by atoms with Crippen LogP contribution in [0.5, 0.6) is 0 Å². The van der Waals surface area contributed by atoms with E-state index in [9.17, 15) is 18.0 Å². The number of esters is 1. The second kappa shape index (κ2) is 10.5. The van der Waals surface area contributed by atoms with E-state index in [1.807, 2.05) is 24.3 Å². The molecule has 174 valence electrons. The van der Waals surface area contributed by atoms with Gasteiger partial charge in [0.1, 0.15) is 0 Å². The van der Waals surface area contributed by atoms with E-state index in [1.54, 1.807) is 11.3 Å². The molecule has 0 saturated carbocycles. The number of sulfonamides is 1. The quantitative estimate of drug-likeness (QED) is 0.332. The highest BCUT2D eigenvalue weighted by molar-refractivity contribution is 7.89. The van der Waals surface area contributed by atoms with Gasteiger partial charge in [0.25, 0.3) is 0 Å². The first-order valence-corrected chi connectivity index (χ1v) is 13.3. The van der Waals surface area contributed by atoms with Crippen LogP contribution in [0.25, 0.3) is 10.2 Å². The van der Waals surface area contributed by atoms with Gasteiger partial charge in [-0.25, -0.2) is 13.4 Å². The van der Waals surface area contributed by atoms with Crippen LogP contribution >= 0.6 is 11.3 Å². The number of ether oxygens (including phenoxy) is 1. The SMILES string of the molecule is O=C(CCCc1nc2ccccc2s1)OCC(=O)c1ccc(S(=O)(=O)N2CCCCC2)cc1. The summed E-state index contributed by atoms with van der Waals surface area (Å²) in [4.78, 5) is 29.1. The van der Waals surface area contributed by atoms with Crippen LogP contribution in [0.2, 0.25) is 0 Å². The maximum Gasteiger partial charge on any atom is 0.306 e. The topological polar surface area (TPSA) is 93.6 Å². The molecule has 7 nitrogen and oxygen atoms in total. The number of thiazole rings is 1. The molecule has 0 aliphatic carbocycles. The molecule has 2 aromatic carbocycles. The predicted octanol–water partition coefficient (Wildman–Crippen LogP) is 4.22. The maximum absolute atomic E-state index is 12.7. The number of hydrogen-bond acceptors (Lipinski definition) is 7. The van der Waals surface area contributed by atoms with Crippen LogP contribution < -0.4 is 0 Å². The second-order valence-corrected chi connectivity index (χ2v) is 11.1. The summed E-state index contributed by atoms with van der Waals surface area (Å²) in [6.07, 6.45) is 4.24. The molecule has 0 radical (unpaired) electrons. The minimum Gasteiger partial charge on any atom is -0.457 e. The Labute approximate surface area is 197 Å². The molecule has 3 aromatic rings. The fourth-order valence-corrected chi connectivity index (χ4v) is 6.31. The van der Waals surface area contributed by atoms with Gasteiger partial charge in [0.05, 0.1) is 20.1 Å². The molecule has 2 heterocycles. The summed E-state index contributed by atoms with van der Waals surface area (Å²) in [7, 11) is -3.54. The first-order chi connectivity index (χ1) is 15.9. The van der Waals surface area contributed by atoms with E-state index in [-0.39, 0.29) is 23.7 Å². The van der Waals surface area contributed by atoms with Crippen molar-refractivity contribution in [3.8, 4) is 0 Å². The average molecular weight is 487 g/mol. The molecule has 4 rings (SSSR count). The molecule has 0 amide bonds. The van der Waals surface area contributed by atoms with Crippen molar-refractivity contribution >= 4 is 43.3 Å². The number of aromatic nitrogens is 1. The zero-order valence-corrected chi connectivity index (χ0v) is 19.9. The van der Waals surface area contributed by atoms with Gasteiger partial charge in [0, 0.05) is 25.1 Å². The Balaban J connectivity index is 1.23. The average Bonchev–Trinajstić information content (AvgIpc) is 3.26. The van der Waals surface area contributed by atoms with Gasteiger partial charge in [-0.3, -0.25) is 9.59 Å². The molecular formula is C24H26N2O5S2. The van der Waals surface area contributed by atoms with Crippen LogP contribution in [-0.4, -0.2) is 49.2 Å². The third-order valence-corrected chi connectivity index (χ3v) is 8.61. The highest BCUT2D eigenvalue weighted by Gasteiger charge is 2.26. The lowest BCUT2D eigenvalue weighted by Crippen LogP contribution is -2.35. The first-order valence-electron chi connectivity index (χ1n) is 11.1. The summed E-state index contributed by atoms with van der Waals surface area (Å²) >= 11 is 1.61. The number of Topliss-reactive ketones (excluding diaryl/α,β-unsaturated/α-hetero) is 1. The maximum atomic E-state index is 12.7. The summed E-state index contributed by atoms with van der Waals surface area (Å²) in [5, 5.41) is 0.972. The molecule has 0 atom stereocenters. The van der Waals surface area contributed by atoms with Crippen LogP contribution in [0.15, 0.2) is 53.4 Å². The lowest BCUT2D eigenvalue weighted by molar-refractivity contribution is -0.142. The minimum absolute atomic E-state index is 0.174. The second-order valence-electron chi connectivity index (χ2n) is 8.00. The molecule has 1 aliphatic heterocycles. The largest absolute Gasteiger partial charge is 0.457 e. The molecule has 1 fully saturated rings. The van der Waals surface area contributed by atoms with Crippen LogP contribution in [0.4, 0.5) is 0 Å². The van der Waals surface area contributed by atoms with Crippen LogP contribution in [0.1, 0.15) is 47.5 Å². The van der Waals surface area contributed by atoms with Crippen molar-refractivity contribution in [2.45, 2.75) is 43.4 Å². The fourth-order valence-electron chi connectivity index (χ4n) is 3.78. The van der Waals surface area contributed by atoms with Crippen LogP contribution in [0.3, 0.4) is 0 Å². The number of benzene rings is 2. The van der Waals surface area contributed by atoms with E-state index in [0.29, 0.717) is 31.5 Å². The number of nitrogens with zero attached hydrogens (tertiary/aromatic N) is 2. The van der Waals surface area contributed by atoms with Gasteiger partial charge in [-0.05, 0) is 62.1 Å². The third-order valence-electron chi connectivity index (χ3n) is 5.60. The predicted molar refractivity (Wildman–Crippen MR) is 127 cm³/mol. The Morgan fingerprint density at radius 2 is 1.73 bits per heavy atom. The molecule has 0 N–H and O–H groups in total. The number of hydrogen-bond donors (Lipinski definition) is 0. The van der Waals surface area contributed by atoms with Crippen molar-refractivity contribution < 1.29 is 22.7 Å². The summed E-state index contributed by atoms with van der Waals surface area (Å²) in [5.74, 6) is -0.801. The van der Waals surface area contributed by atoms with Crippen LogP contribution in [-0.2, 0) is 26.0 Å². The smallest absolute Gasteiger partial charge is 0.306 e. The van der Waals surface area contributed by atoms with Crippen molar-refractivity contribution in [2.24, 2.45) is 0 Å². The molecule has 0 bridgehead atoms. The molecule has 9 heteroatoms. The molecule has 33 heavy (non-hydrogen) atoms.